The number of aryl methyl sites for hydroxylation is 1. The third kappa shape index (κ3) is 4.64. The second-order valence-corrected chi connectivity index (χ2v) is 6.81. The first-order valence-corrected chi connectivity index (χ1v) is 8.02. The molecule has 1 saturated carbocycles. The van der Waals surface area contributed by atoms with E-state index in [9.17, 15) is 0 Å². The van der Waals surface area contributed by atoms with E-state index in [0.29, 0.717) is 5.92 Å². The third-order valence-corrected chi connectivity index (χ3v) is 4.16. The minimum absolute atomic E-state index is 0.690. The molecule has 0 unspecified atom stereocenters. The second-order valence-electron chi connectivity index (χ2n) is 6.81. The van der Waals surface area contributed by atoms with Gasteiger partial charge in [-0.25, -0.2) is 0 Å². The highest BCUT2D eigenvalue weighted by Gasteiger charge is 2.19. The number of nitrogens with one attached hydrogen (secondary N) is 1. The van der Waals surface area contributed by atoms with Crippen LogP contribution >= 0.6 is 0 Å². The van der Waals surface area contributed by atoms with E-state index in [0.717, 1.165) is 37.1 Å². The van der Waals surface area contributed by atoms with Crippen molar-refractivity contribution in [2.24, 2.45) is 11.8 Å². The summed E-state index contributed by atoms with van der Waals surface area (Å²) in [6, 6.07) is 2.22. The van der Waals surface area contributed by atoms with Crippen LogP contribution < -0.4 is 5.32 Å². The van der Waals surface area contributed by atoms with Gasteiger partial charge in [0.25, 0.3) is 0 Å². The van der Waals surface area contributed by atoms with Crippen molar-refractivity contribution in [3.8, 4) is 0 Å². The van der Waals surface area contributed by atoms with Crippen LogP contribution in [-0.2, 0) is 13.1 Å². The van der Waals surface area contributed by atoms with Crippen LogP contribution in [0.5, 0.6) is 0 Å². The van der Waals surface area contributed by atoms with Crippen LogP contribution in [0.15, 0.2) is 10.5 Å². The number of rotatable bonds is 8. The molecule has 0 aromatic carbocycles. The molecule has 2 rings (SSSR count). The van der Waals surface area contributed by atoms with E-state index in [1.165, 1.54) is 31.4 Å². The van der Waals surface area contributed by atoms with Gasteiger partial charge < -0.3 is 9.73 Å². The molecule has 1 aromatic rings. The summed E-state index contributed by atoms with van der Waals surface area (Å²) in [7, 11) is 2.20. The van der Waals surface area contributed by atoms with Gasteiger partial charge in [-0.1, -0.05) is 20.3 Å². The Kier molecular flexibility index (Phi) is 5.67. The zero-order valence-electron chi connectivity index (χ0n) is 13.5. The fourth-order valence-corrected chi connectivity index (χ4v) is 2.78. The molecule has 1 aliphatic rings. The van der Waals surface area contributed by atoms with Gasteiger partial charge in [0.15, 0.2) is 0 Å². The normalized spacial score (nSPS) is 16.1. The van der Waals surface area contributed by atoms with Crippen molar-refractivity contribution in [3.05, 3.63) is 23.2 Å². The highest BCUT2D eigenvalue weighted by atomic mass is 16.3. The molecule has 3 heteroatoms. The number of nitrogens with zero attached hydrogens (tertiary/aromatic N) is 1. The predicted molar refractivity (Wildman–Crippen MR) is 83.7 cm³/mol. The summed E-state index contributed by atoms with van der Waals surface area (Å²) < 4.78 is 5.89. The van der Waals surface area contributed by atoms with E-state index in [1.54, 1.807) is 0 Å². The zero-order valence-corrected chi connectivity index (χ0v) is 13.5. The first-order valence-electron chi connectivity index (χ1n) is 8.02. The Labute approximate surface area is 123 Å². The molecular weight excluding hydrogens is 248 g/mol. The van der Waals surface area contributed by atoms with E-state index in [2.05, 4.69) is 44.1 Å². The molecule has 1 fully saturated rings. The fourth-order valence-electron chi connectivity index (χ4n) is 2.78. The van der Waals surface area contributed by atoms with E-state index < -0.39 is 0 Å². The molecule has 114 valence electrons. The van der Waals surface area contributed by atoms with Gasteiger partial charge in [-0.2, -0.15) is 0 Å². The monoisotopic (exact) mass is 278 g/mol. The van der Waals surface area contributed by atoms with E-state index in [-0.39, 0.29) is 0 Å². The second kappa shape index (κ2) is 7.28. The van der Waals surface area contributed by atoms with Crippen molar-refractivity contribution in [2.75, 3.05) is 20.1 Å². The molecule has 0 amide bonds. The smallest absolute Gasteiger partial charge is 0.118 e. The maximum absolute atomic E-state index is 5.89. The molecule has 0 bridgehead atoms. The highest BCUT2D eigenvalue weighted by molar-refractivity contribution is 5.20. The van der Waals surface area contributed by atoms with Gasteiger partial charge in [-0.15, -0.1) is 0 Å². The summed E-state index contributed by atoms with van der Waals surface area (Å²) in [5, 5.41) is 3.49. The third-order valence-electron chi connectivity index (χ3n) is 4.16. The lowest BCUT2D eigenvalue weighted by molar-refractivity contribution is 0.190. The van der Waals surface area contributed by atoms with Crippen molar-refractivity contribution in [2.45, 2.75) is 53.1 Å². The SMILES string of the molecule is Cc1oc(CN(C)CC2CCC2)cc1CNCC(C)C. The topological polar surface area (TPSA) is 28.4 Å². The summed E-state index contributed by atoms with van der Waals surface area (Å²) in [5.74, 6) is 3.78. The van der Waals surface area contributed by atoms with Crippen molar-refractivity contribution in [1.29, 1.82) is 0 Å². The molecule has 20 heavy (non-hydrogen) atoms. The molecule has 1 heterocycles. The fraction of sp³-hybridized carbons (Fsp3) is 0.765. The average Bonchev–Trinajstić information content (AvgIpc) is 2.64. The predicted octanol–water partition coefficient (Wildman–Crippen LogP) is 3.57. The summed E-state index contributed by atoms with van der Waals surface area (Å²) in [4.78, 5) is 2.40. The van der Waals surface area contributed by atoms with Crippen LogP contribution in [0.25, 0.3) is 0 Å². The molecule has 3 nitrogen and oxygen atoms in total. The summed E-state index contributed by atoms with van der Waals surface area (Å²) in [5.41, 5.74) is 1.30. The largest absolute Gasteiger partial charge is 0.465 e. The Morgan fingerprint density at radius 2 is 2.15 bits per heavy atom. The molecule has 0 atom stereocenters. The minimum Gasteiger partial charge on any atom is -0.465 e. The Balaban J connectivity index is 1.79. The summed E-state index contributed by atoms with van der Waals surface area (Å²) in [6.45, 7) is 10.7. The first-order chi connectivity index (χ1) is 9.54. The first kappa shape index (κ1) is 15.6. The van der Waals surface area contributed by atoms with Crippen LogP contribution in [-0.4, -0.2) is 25.0 Å². The molecule has 0 aliphatic heterocycles. The molecule has 1 aromatic heterocycles. The molecule has 0 saturated heterocycles. The standard InChI is InChI=1S/C17H30N2O/c1-13(2)9-18-10-16-8-17(20-14(16)3)12-19(4)11-15-6-5-7-15/h8,13,15,18H,5-7,9-12H2,1-4H3. The van der Waals surface area contributed by atoms with Crippen molar-refractivity contribution < 1.29 is 4.42 Å². The lowest BCUT2D eigenvalue weighted by Crippen LogP contribution is -2.28. The number of hydrogen-bond acceptors (Lipinski definition) is 3. The molecule has 0 spiro atoms. The van der Waals surface area contributed by atoms with E-state index in [4.69, 9.17) is 4.42 Å². The zero-order chi connectivity index (χ0) is 14.5. The van der Waals surface area contributed by atoms with Crippen LogP contribution in [0, 0.1) is 18.8 Å². The molecule has 1 aliphatic carbocycles. The Morgan fingerprint density at radius 1 is 1.40 bits per heavy atom. The van der Waals surface area contributed by atoms with Gasteiger partial charge >= 0.3 is 0 Å². The minimum atomic E-state index is 0.690. The Bertz CT molecular complexity index is 407. The van der Waals surface area contributed by atoms with Crippen LogP contribution in [0.3, 0.4) is 0 Å². The van der Waals surface area contributed by atoms with Gasteiger partial charge in [0.1, 0.15) is 11.5 Å². The Hall–Kier alpha value is -0.800. The van der Waals surface area contributed by atoms with E-state index >= 15 is 0 Å². The molecular formula is C17H30N2O. The highest BCUT2D eigenvalue weighted by Crippen LogP contribution is 2.27. The molecule has 0 radical (unpaired) electrons. The van der Waals surface area contributed by atoms with Crippen molar-refractivity contribution >= 4 is 0 Å². The maximum atomic E-state index is 5.89. The van der Waals surface area contributed by atoms with Crippen LogP contribution in [0.4, 0.5) is 0 Å². The van der Waals surface area contributed by atoms with Crippen LogP contribution in [0.1, 0.15) is 50.2 Å². The summed E-state index contributed by atoms with van der Waals surface area (Å²) >= 11 is 0. The van der Waals surface area contributed by atoms with Gasteiger partial charge in [-0.3, -0.25) is 4.90 Å². The molecule has 1 N–H and O–H groups in total. The van der Waals surface area contributed by atoms with Gasteiger partial charge in [-0.05, 0) is 51.3 Å². The van der Waals surface area contributed by atoms with Crippen molar-refractivity contribution in [3.63, 3.8) is 0 Å². The van der Waals surface area contributed by atoms with Crippen LogP contribution in [0.2, 0.25) is 0 Å². The van der Waals surface area contributed by atoms with Gasteiger partial charge in [0.2, 0.25) is 0 Å². The maximum Gasteiger partial charge on any atom is 0.118 e. The number of hydrogen-bond donors (Lipinski definition) is 1. The van der Waals surface area contributed by atoms with Gasteiger partial charge in [0.05, 0.1) is 6.54 Å². The summed E-state index contributed by atoms with van der Waals surface area (Å²) in [6.07, 6.45) is 4.24. The lowest BCUT2D eigenvalue weighted by Gasteiger charge is -2.29. The average molecular weight is 278 g/mol. The Morgan fingerprint density at radius 3 is 2.75 bits per heavy atom. The number of furan rings is 1. The van der Waals surface area contributed by atoms with E-state index in [1.807, 2.05) is 0 Å². The van der Waals surface area contributed by atoms with Gasteiger partial charge in [0, 0.05) is 18.7 Å². The lowest BCUT2D eigenvalue weighted by atomic mass is 9.85. The van der Waals surface area contributed by atoms with Crippen molar-refractivity contribution in [1.82, 2.24) is 10.2 Å². The quantitative estimate of drug-likeness (QED) is 0.788.